The van der Waals surface area contributed by atoms with Gasteiger partial charge in [-0.15, -0.1) is 0 Å². The van der Waals surface area contributed by atoms with E-state index in [0.29, 0.717) is 39.9 Å². The van der Waals surface area contributed by atoms with Crippen molar-refractivity contribution in [2.45, 2.75) is 40.8 Å². The van der Waals surface area contributed by atoms with E-state index in [4.69, 9.17) is 44.4 Å². The molecule has 24 nitrogen and oxygen atoms in total. The molecule has 0 unspecified atom stereocenters. The highest BCUT2D eigenvalue weighted by Gasteiger charge is 2.22. The van der Waals surface area contributed by atoms with Crippen molar-refractivity contribution in [1.29, 1.82) is 0 Å². The number of esters is 8. The van der Waals surface area contributed by atoms with Crippen LogP contribution in [0.2, 0.25) is 0 Å². The molecule has 0 radical (unpaired) electrons. The summed E-state index contributed by atoms with van der Waals surface area (Å²) >= 11 is 0. The molecule has 24 heteroatoms. The van der Waals surface area contributed by atoms with E-state index in [2.05, 4.69) is 24.3 Å². The number of nitrogens with zero attached hydrogens (tertiary/aromatic N) is 5. The third-order valence-corrected chi connectivity index (χ3v) is 8.58. The molecular weight excluding hydrogens is 899 g/mol. The van der Waals surface area contributed by atoms with Crippen LogP contribution in [-0.4, -0.2) is 133 Å². The zero-order chi connectivity index (χ0) is 49.6. The average molecular weight is 948 g/mol. The van der Waals surface area contributed by atoms with Crippen molar-refractivity contribution in [2.75, 3.05) is 71.4 Å². The first-order valence-corrected chi connectivity index (χ1v) is 20.3. The Balaban J connectivity index is 1.70. The standard InChI is InChI=1S/C44H49N7O17/c1-27(52)60-23-64-41(56)19-50(20-42(57)65-24-61-28(2)53)17-31-8-6-10-36(47-31)39-15-34(68-33-12-13-35(45)38(14-33)46-5)16-40(49-39)37-11-7-9-32(48-37)18-51(21-43(58)66-25-62-29(3)54)22-44(59)67-26-63-30(4)55/h6-16,46H,17-26,45H2,1-5H3. The van der Waals surface area contributed by atoms with Crippen molar-refractivity contribution < 1.29 is 81.0 Å². The molecule has 0 bridgehead atoms. The van der Waals surface area contributed by atoms with Gasteiger partial charge in [-0.2, -0.15) is 0 Å². The molecule has 0 atom stereocenters. The van der Waals surface area contributed by atoms with Crippen LogP contribution in [0, 0.1) is 0 Å². The maximum absolute atomic E-state index is 12.7. The van der Waals surface area contributed by atoms with Crippen LogP contribution in [0.25, 0.3) is 22.8 Å². The third-order valence-electron chi connectivity index (χ3n) is 8.58. The average Bonchev–Trinajstić information content (AvgIpc) is 3.26. The van der Waals surface area contributed by atoms with E-state index in [1.54, 1.807) is 73.8 Å². The predicted octanol–water partition coefficient (Wildman–Crippen LogP) is 2.48. The highest BCUT2D eigenvalue weighted by Crippen LogP contribution is 2.33. The van der Waals surface area contributed by atoms with Gasteiger partial charge < -0.3 is 53.7 Å². The van der Waals surface area contributed by atoms with E-state index in [9.17, 15) is 38.4 Å². The molecule has 0 saturated heterocycles. The van der Waals surface area contributed by atoms with Gasteiger partial charge in [0.2, 0.25) is 27.2 Å². The zero-order valence-electron chi connectivity index (χ0n) is 37.7. The van der Waals surface area contributed by atoms with E-state index >= 15 is 0 Å². The van der Waals surface area contributed by atoms with Crippen LogP contribution >= 0.6 is 0 Å². The molecule has 0 fully saturated rings. The van der Waals surface area contributed by atoms with Crippen molar-refractivity contribution in [3.63, 3.8) is 0 Å². The highest BCUT2D eigenvalue weighted by atomic mass is 16.7. The van der Waals surface area contributed by atoms with Crippen molar-refractivity contribution in [3.8, 4) is 34.3 Å². The first kappa shape index (κ1) is 52.4. The molecule has 4 rings (SSSR count). The first-order valence-electron chi connectivity index (χ1n) is 20.3. The van der Waals surface area contributed by atoms with Gasteiger partial charge in [-0.05, 0) is 36.4 Å². The van der Waals surface area contributed by atoms with Gasteiger partial charge >= 0.3 is 47.8 Å². The summed E-state index contributed by atoms with van der Waals surface area (Å²) in [5.41, 5.74) is 9.11. The Morgan fingerprint density at radius 2 is 0.868 bits per heavy atom. The van der Waals surface area contributed by atoms with Crippen molar-refractivity contribution in [3.05, 3.63) is 78.1 Å². The minimum Gasteiger partial charge on any atom is -0.457 e. The fraction of sp³-hybridized carbons (Fsp3) is 0.341. The Hall–Kier alpha value is -8.25. The van der Waals surface area contributed by atoms with Gasteiger partial charge in [0.05, 0.1) is 71.7 Å². The summed E-state index contributed by atoms with van der Waals surface area (Å²) in [5.74, 6) is -5.37. The minimum absolute atomic E-state index is 0.116. The van der Waals surface area contributed by atoms with Crippen molar-refractivity contribution in [2.24, 2.45) is 0 Å². The molecule has 0 aliphatic rings. The number of aromatic nitrogens is 3. The van der Waals surface area contributed by atoms with Crippen LogP contribution in [-0.2, 0) is 89.3 Å². The minimum atomic E-state index is -0.841. The van der Waals surface area contributed by atoms with Gasteiger partial charge in [-0.25, -0.2) is 15.0 Å². The van der Waals surface area contributed by atoms with Gasteiger partial charge in [0.25, 0.3) is 0 Å². The fourth-order valence-electron chi connectivity index (χ4n) is 5.62. The van der Waals surface area contributed by atoms with Crippen LogP contribution in [0.4, 0.5) is 11.4 Å². The number of nitrogen functional groups attached to an aromatic ring is 1. The smallest absolute Gasteiger partial charge is 0.323 e. The number of pyridine rings is 3. The lowest BCUT2D eigenvalue weighted by Crippen LogP contribution is -2.36. The summed E-state index contributed by atoms with van der Waals surface area (Å²) < 4.78 is 44.9. The van der Waals surface area contributed by atoms with Crippen LogP contribution < -0.4 is 15.8 Å². The summed E-state index contributed by atoms with van der Waals surface area (Å²) in [6.45, 7) is -0.160. The molecular formula is C44H49N7O17. The number of nitrogens with two attached hydrogens (primary N) is 1. The summed E-state index contributed by atoms with van der Waals surface area (Å²) in [6.07, 6.45) is 0. The molecule has 0 aliphatic carbocycles. The molecule has 0 aliphatic heterocycles. The van der Waals surface area contributed by atoms with E-state index < -0.39 is 101 Å². The van der Waals surface area contributed by atoms with Crippen LogP contribution in [0.5, 0.6) is 11.5 Å². The molecule has 0 spiro atoms. The monoisotopic (exact) mass is 947 g/mol. The van der Waals surface area contributed by atoms with Gasteiger partial charge in [-0.3, -0.25) is 48.2 Å². The first-order chi connectivity index (χ1) is 32.5. The normalized spacial score (nSPS) is 10.6. The Labute approximate surface area is 388 Å². The lowest BCUT2D eigenvalue weighted by molar-refractivity contribution is -0.171. The summed E-state index contributed by atoms with van der Waals surface area (Å²) in [7, 11) is 1.70. The maximum atomic E-state index is 12.7. The number of carbonyl (C=O) groups excluding carboxylic acids is 8. The van der Waals surface area contributed by atoms with Gasteiger partial charge in [0.1, 0.15) is 11.5 Å². The van der Waals surface area contributed by atoms with Gasteiger partial charge in [-0.1, -0.05) is 12.1 Å². The van der Waals surface area contributed by atoms with Crippen molar-refractivity contribution >= 4 is 59.1 Å². The second kappa shape index (κ2) is 26.6. The van der Waals surface area contributed by atoms with E-state index in [1.165, 1.54) is 9.80 Å². The lowest BCUT2D eigenvalue weighted by Gasteiger charge is -2.20. The molecule has 68 heavy (non-hydrogen) atoms. The number of nitrogens with one attached hydrogen (secondary N) is 1. The van der Waals surface area contributed by atoms with Crippen LogP contribution in [0.3, 0.4) is 0 Å². The van der Waals surface area contributed by atoms with Gasteiger partial charge in [0, 0.05) is 66.0 Å². The van der Waals surface area contributed by atoms with Crippen LogP contribution in [0.15, 0.2) is 66.7 Å². The number of benzene rings is 1. The molecule has 3 aromatic heterocycles. The topological polar surface area (TPSA) is 303 Å². The van der Waals surface area contributed by atoms with E-state index in [1.807, 2.05) is 0 Å². The number of anilines is 2. The lowest BCUT2D eigenvalue weighted by atomic mass is 10.1. The fourth-order valence-corrected chi connectivity index (χ4v) is 5.62. The molecule has 0 saturated carbocycles. The number of hydrogen-bond donors (Lipinski definition) is 2. The van der Waals surface area contributed by atoms with Crippen LogP contribution in [0.1, 0.15) is 39.1 Å². The Morgan fingerprint density at radius 3 is 1.22 bits per heavy atom. The Bertz CT molecular complexity index is 2250. The number of rotatable bonds is 25. The molecule has 362 valence electrons. The molecule has 4 aromatic rings. The molecule has 3 N–H and O–H groups in total. The largest absolute Gasteiger partial charge is 0.457 e. The number of ether oxygens (including phenoxy) is 9. The van der Waals surface area contributed by atoms with Gasteiger partial charge in [0.15, 0.2) is 0 Å². The maximum Gasteiger partial charge on any atom is 0.323 e. The quantitative estimate of drug-likeness (QED) is 0.0417. The second-order valence-corrected chi connectivity index (χ2v) is 14.1. The second-order valence-electron chi connectivity index (χ2n) is 14.1. The summed E-state index contributed by atoms with van der Waals surface area (Å²) in [5, 5.41) is 3.00. The summed E-state index contributed by atoms with van der Waals surface area (Å²) in [4.78, 5) is 113. The van der Waals surface area contributed by atoms with E-state index in [0.717, 1.165) is 27.7 Å². The number of carbonyl (C=O) groups is 8. The Kier molecular flexibility index (Phi) is 20.5. The number of hydrogen-bond acceptors (Lipinski definition) is 24. The SMILES string of the molecule is CNc1cc(Oc2cc(-c3cccc(CN(CC(=O)OCOC(C)=O)CC(=O)OCOC(C)=O)n3)nc(-c3cccc(CN(CC(=O)OCOC(C)=O)CC(=O)OCOC(C)=O)n3)c2)ccc1N. The highest BCUT2D eigenvalue weighted by molar-refractivity contribution is 5.76. The summed E-state index contributed by atoms with van der Waals surface area (Å²) in [6, 6.07) is 18.2. The zero-order valence-corrected chi connectivity index (χ0v) is 37.7. The third kappa shape index (κ3) is 19.1. The molecule has 1 aromatic carbocycles. The van der Waals surface area contributed by atoms with Crippen molar-refractivity contribution in [1.82, 2.24) is 24.8 Å². The van der Waals surface area contributed by atoms with E-state index in [-0.39, 0.29) is 30.2 Å². The predicted molar refractivity (Wildman–Crippen MR) is 233 cm³/mol. The molecule has 3 heterocycles. The molecule has 0 amide bonds. The Morgan fingerprint density at radius 1 is 0.485 bits per heavy atom.